The Morgan fingerprint density at radius 2 is 1.83 bits per heavy atom. The molecule has 1 aromatic carbocycles. The number of hydrogen-bond acceptors (Lipinski definition) is 4. The lowest BCUT2D eigenvalue weighted by Crippen LogP contribution is -2.39. The molecule has 7 heteroatoms. The Hall–Kier alpha value is -1.61. The molecule has 0 radical (unpaired) electrons. The Bertz CT molecular complexity index is 764. The van der Waals surface area contributed by atoms with Gasteiger partial charge in [0.25, 0.3) is 0 Å². The lowest BCUT2D eigenvalue weighted by molar-refractivity contribution is 0.181. The fourth-order valence-corrected chi connectivity index (χ4v) is 2.69. The number of halogens is 1. The summed E-state index contributed by atoms with van der Waals surface area (Å²) in [5.74, 6) is 1.68. The summed E-state index contributed by atoms with van der Waals surface area (Å²) in [5.41, 5.74) is 3.16. The summed E-state index contributed by atoms with van der Waals surface area (Å²) in [5, 5.41) is 20.9. The van der Waals surface area contributed by atoms with Gasteiger partial charge in [-0.3, -0.25) is 0 Å². The monoisotopic (exact) mass is 514 g/mol. The van der Waals surface area contributed by atoms with Crippen LogP contribution >= 0.6 is 24.0 Å². The molecule has 1 atom stereocenters. The van der Waals surface area contributed by atoms with Crippen LogP contribution in [0.15, 0.2) is 39.8 Å². The van der Waals surface area contributed by atoms with Crippen molar-refractivity contribution in [1.82, 2.24) is 15.8 Å². The van der Waals surface area contributed by atoms with E-state index in [2.05, 4.69) is 67.5 Å². The number of guanidine groups is 1. The number of rotatable bonds is 7. The van der Waals surface area contributed by atoms with Crippen LogP contribution in [0.4, 0.5) is 0 Å². The molecular weight excluding hydrogens is 479 g/mol. The number of benzene rings is 1. The maximum Gasteiger partial charge on any atom is 0.191 e. The molecule has 0 amide bonds. The third-order valence-corrected chi connectivity index (χ3v) is 4.53. The normalized spacial score (nSPS) is 13.2. The number of nitrogens with one attached hydrogen (secondary N) is 2. The molecule has 3 N–H and O–H groups in total. The van der Waals surface area contributed by atoms with Gasteiger partial charge in [0.1, 0.15) is 6.54 Å². The van der Waals surface area contributed by atoms with E-state index in [0.717, 1.165) is 23.6 Å². The molecule has 0 fully saturated rings. The van der Waals surface area contributed by atoms with Crippen LogP contribution in [0.25, 0.3) is 0 Å². The van der Waals surface area contributed by atoms with Crippen LogP contribution in [-0.2, 0) is 12.0 Å². The number of aromatic nitrogens is 1. The molecule has 6 nitrogen and oxygen atoms in total. The quantitative estimate of drug-likeness (QED) is 0.288. The van der Waals surface area contributed by atoms with Crippen molar-refractivity contribution >= 4 is 29.9 Å². The number of aliphatic hydroxyl groups is 1. The van der Waals surface area contributed by atoms with E-state index in [4.69, 9.17) is 4.52 Å². The zero-order valence-electron chi connectivity index (χ0n) is 18.3. The van der Waals surface area contributed by atoms with Gasteiger partial charge in [-0.2, -0.15) is 0 Å². The summed E-state index contributed by atoms with van der Waals surface area (Å²) in [6.07, 6.45) is -0.615. The smallest absolute Gasteiger partial charge is 0.191 e. The molecule has 2 aromatic rings. The first-order valence-corrected chi connectivity index (χ1v) is 9.97. The summed E-state index contributed by atoms with van der Waals surface area (Å²) in [4.78, 5) is 4.52. The third kappa shape index (κ3) is 7.97. The predicted molar refractivity (Wildman–Crippen MR) is 129 cm³/mol. The van der Waals surface area contributed by atoms with E-state index in [-0.39, 0.29) is 29.4 Å². The van der Waals surface area contributed by atoms with Gasteiger partial charge in [-0.15, -0.1) is 24.0 Å². The van der Waals surface area contributed by atoms with Gasteiger partial charge in [-0.1, -0.05) is 64.0 Å². The molecule has 0 bridgehead atoms. The van der Waals surface area contributed by atoms with Crippen LogP contribution in [0.5, 0.6) is 0 Å². The summed E-state index contributed by atoms with van der Waals surface area (Å²) >= 11 is 0. The van der Waals surface area contributed by atoms with Gasteiger partial charge in [0.05, 0.1) is 11.8 Å². The average Bonchev–Trinajstić information content (AvgIpc) is 3.12. The second kappa shape index (κ2) is 11.5. The molecule has 0 saturated carbocycles. The highest BCUT2D eigenvalue weighted by molar-refractivity contribution is 14.0. The van der Waals surface area contributed by atoms with Crippen molar-refractivity contribution in [3.05, 3.63) is 52.9 Å². The average molecular weight is 514 g/mol. The molecule has 0 spiro atoms. The molecule has 1 unspecified atom stereocenters. The highest BCUT2D eigenvalue weighted by Gasteiger charge is 2.15. The molecule has 1 aromatic heterocycles. The third-order valence-electron chi connectivity index (χ3n) is 4.53. The fraction of sp³-hybridized carbons (Fsp3) is 0.545. The van der Waals surface area contributed by atoms with E-state index in [1.54, 1.807) is 0 Å². The standard InChI is InChI=1S/C22H34N4O2.HI/c1-7-23-21(24-13-18-12-19(15(2)3)26-28-18)25-14-20(27)16-8-10-17(11-9-16)22(4,5)6;/h8-12,15,20,27H,7,13-14H2,1-6H3,(H2,23,24,25);1H. The zero-order valence-corrected chi connectivity index (χ0v) is 20.7. The maximum absolute atomic E-state index is 10.5. The zero-order chi connectivity index (χ0) is 20.7. The van der Waals surface area contributed by atoms with Crippen molar-refractivity contribution in [3.8, 4) is 0 Å². The van der Waals surface area contributed by atoms with E-state index >= 15 is 0 Å². The van der Waals surface area contributed by atoms with Gasteiger partial charge in [-0.05, 0) is 29.4 Å². The number of hydrogen-bond donors (Lipinski definition) is 3. The van der Waals surface area contributed by atoms with E-state index < -0.39 is 6.10 Å². The lowest BCUT2D eigenvalue weighted by Gasteiger charge is -2.20. The van der Waals surface area contributed by atoms with Crippen LogP contribution < -0.4 is 10.6 Å². The summed E-state index contributed by atoms with van der Waals surface area (Å²) < 4.78 is 5.33. The van der Waals surface area contributed by atoms with Crippen molar-refractivity contribution in [1.29, 1.82) is 0 Å². The SMILES string of the molecule is CCNC(=NCc1cc(C(C)C)no1)NCC(O)c1ccc(C(C)(C)C)cc1.I. The van der Waals surface area contributed by atoms with Crippen molar-refractivity contribution in [2.24, 2.45) is 4.99 Å². The van der Waals surface area contributed by atoms with Crippen LogP contribution in [0.2, 0.25) is 0 Å². The van der Waals surface area contributed by atoms with Crippen molar-refractivity contribution in [2.75, 3.05) is 13.1 Å². The second-order valence-corrected chi connectivity index (χ2v) is 8.34. The van der Waals surface area contributed by atoms with E-state index in [1.165, 1.54) is 5.56 Å². The number of aliphatic imine (C=N–C) groups is 1. The fourth-order valence-electron chi connectivity index (χ4n) is 2.69. The Morgan fingerprint density at radius 1 is 1.17 bits per heavy atom. The van der Waals surface area contributed by atoms with E-state index in [9.17, 15) is 5.11 Å². The van der Waals surface area contributed by atoms with Gasteiger partial charge in [0.15, 0.2) is 11.7 Å². The van der Waals surface area contributed by atoms with Crippen LogP contribution in [0.1, 0.15) is 76.1 Å². The molecule has 0 saturated heterocycles. The maximum atomic E-state index is 10.5. The largest absolute Gasteiger partial charge is 0.387 e. The number of nitrogens with zero attached hydrogens (tertiary/aromatic N) is 2. The molecule has 1 heterocycles. The van der Waals surface area contributed by atoms with Gasteiger partial charge in [0.2, 0.25) is 0 Å². The minimum atomic E-state index is -0.615. The van der Waals surface area contributed by atoms with Gasteiger partial charge in [0, 0.05) is 19.2 Å². The topological polar surface area (TPSA) is 82.7 Å². The van der Waals surface area contributed by atoms with Gasteiger partial charge < -0.3 is 20.3 Å². The Kier molecular flexibility index (Phi) is 10.1. The van der Waals surface area contributed by atoms with E-state index in [1.807, 2.05) is 25.1 Å². The summed E-state index contributed by atoms with van der Waals surface area (Å²) in [6, 6.07) is 10.1. The van der Waals surface area contributed by atoms with Crippen LogP contribution in [0, 0.1) is 0 Å². The minimum Gasteiger partial charge on any atom is -0.387 e. The second-order valence-electron chi connectivity index (χ2n) is 8.34. The highest BCUT2D eigenvalue weighted by atomic mass is 127. The summed E-state index contributed by atoms with van der Waals surface area (Å²) in [7, 11) is 0. The molecule has 2 rings (SSSR count). The van der Waals surface area contributed by atoms with Gasteiger partial charge >= 0.3 is 0 Å². The minimum absolute atomic E-state index is 0. The van der Waals surface area contributed by atoms with E-state index in [0.29, 0.717) is 25.0 Å². The highest BCUT2D eigenvalue weighted by Crippen LogP contribution is 2.23. The molecular formula is C22H35IN4O2. The first-order valence-electron chi connectivity index (χ1n) is 9.97. The molecule has 0 aliphatic rings. The van der Waals surface area contributed by atoms with Crippen LogP contribution in [-0.4, -0.2) is 29.3 Å². The molecule has 162 valence electrons. The van der Waals surface area contributed by atoms with Crippen molar-refractivity contribution in [3.63, 3.8) is 0 Å². The van der Waals surface area contributed by atoms with Crippen LogP contribution in [0.3, 0.4) is 0 Å². The lowest BCUT2D eigenvalue weighted by atomic mass is 9.86. The molecule has 29 heavy (non-hydrogen) atoms. The first-order chi connectivity index (χ1) is 13.2. The van der Waals surface area contributed by atoms with Crippen molar-refractivity contribution in [2.45, 2.75) is 65.5 Å². The Labute approximate surface area is 191 Å². The van der Waals surface area contributed by atoms with Gasteiger partial charge in [-0.25, -0.2) is 4.99 Å². The summed E-state index contributed by atoms with van der Waals surface area (Å²) in [6.45, 7) is 14.2. The number of aliphatic hydroxyl groups excluding tert-OH is 1. The first kappa shape index (κ1) is 25.4. The predicted octanol–water partition coefficient (Wildman–Crippen LogP) is 4.50. The Morgan fingerprint density at radius 3 is 2.34 bits per heavy atom. The van der Waals surface area contributed by atoms with Crippen molar-refractivity contribution < 1.29 is 9.63 Å². The Balaban J connectivity index is 0.00000420. The molecule has 0 aliphatic carbocycles. The molecule has 0 aliphatic heterocycles.